The molecule has 0 aromatic carbocycles. The van der Waals surface area contributed by atoms with Crippen LogP contribution in [0, 0.1) is 0 Å². The van der Waals surface area contributed by atoms with Gasteiger partial charge in [-0.3, -0.25) is 0 Å². The normalized spacial score (nSPS) is 22.9. The molecule has 0 amide bonds. The summed E-state index contributed by atoms with van der Waals surface area (Å²) in [5, 5.41) is 3.39. The second-order valence-electron chi connectivity index (χ2n) is 4.31. The Balaban J connectivity index is 2.53. The lowest BCUT2D eigenvalue weighted by Gasteiger charge is -2.28. The van der Waals surface area contributed by atoms with Gasteiger partial charge in [-0.2, -0.15) is 0 Å². The van der Waals surface area contributed by atoms with Gasteiger partial charge in [-0.05, 0) is 33.2 Å². The van der Waals surface area contributed by atoms with Crippen molar-refractivity contribution in [3.8, 4) is 0 Å². The number of rotatable bonds is 4. The molecule has 0 unspecified atom stereocenters. The lowest BCUT2D eigenvalue weighted by atomic mass is 10.2. The summed E-state index contributed by atoms with van der Waals surface area (Å²) >= 11 is 0. The molecule has 1 rings (SSSR count). The summed E-state index contributed by atoms with van der Waals surface area (Å²) < 4.78 is 17.7. The Morgan fingerprint density at radius 2 is 1.71 bits per heavy atom. The van der Waals surface area contributed by atoms with E-state index in [1.165, 1.54) is 19.3 Å². The third kappa shape index (κ3) is 5.97. The van der Waals surface area contributed by atoms with Gasteiger partial charge in [0.25, 0.3) is 0 Å². The van der Waals surface area contributed by atoms with E-state index >= 15 is 0 Å². The molecule has 1 aliphatic rings. The van der Waals surface area contributed by atoms with Gasteiger partial charge in [-0.25, -0.2) is 0 Å². The predicted molar refractivity (Wildman–Crippen MR) is 71.1 cm³/mol. The van der Waals surface area contributed by atoms with Gasteiger partial charge in [-0.15, -0.1) is 0 Å². The molecule has 5 heteroatoms. The highest BCUT2D eigenvalue weighted by atomic mass is 28.4. The molecule has 0 radical (unpaired) electrons. The third-order valence-corrected chi connectivity index (χ3v) is 5.98. The summed E-state index contributed by atoms with van der Waals surface area (Å²) in [6.07, 6.45) is 4.96. The molecule has 0 aliphatic carbocycles. The maximum atomic E-state index is 5.97. The van der Waals surface area contributed by atoms with Crippen molar-refractivity contribution < 1.29 is 13.3 Å². The molecule has 17 heavy (non-hydrogen) atoms. The second kappa shape index (κ2) is 9.05. The first kappa shape index (κ1) is 15.1. The molecule has 0 saturated carbocycles. The van der Waals surface area contributed by atoms with Gasteiger partial charge in [0.05, 0.1) is 6.61 Å². The molecular weight excluding hydrogens is 234 g/mol. The van der Waals surface area contributed by atoms with Gasteiger partial charge in [0.2, 0.25) is 0 Å². The maximum absolute atomic E-state index is 5.97. The molecule has 0 aromatic rings. The van der Waals surface area contributed by atoms with E-state index in [0.29, 0.717) is 19.8 Å². The van der Waals surface area contributed by atoms with Crippen molar-refractivity contribution >= 4 is 8.80 Å². The van der Waals surface area contributed by atoms with Crippen LogP contribution in [0.5, 0.6) is 0 Å². The predicted octanol–water partition coefficient (Wildman–Crippen LogP) is 2.18. The zero-order chi connectivity index (χ0) is 12.4. The van der Waals surface area contributed by atoms with Crippen molar-refractivity contribution in [2.45, 2.75) is 45.6 Å². The molecule has 4 nitrogen and oxygen atoms in total. The fourth-order valence-electron chi connectivity index (χ4n) is 2.13. The van der Waals surface area contributed by atoms with Crippen molar-refractivity contribution in [1.29, 1.82) is 0 Å². The minimum Gasteiger partial charge on any atom is -0.374 e. The van der Waals surface area contributed by atoms with Crippen molar-refractivity contribution in [2.75, 3.05) is 32.9 Å². The minimum absolute atomic E-state index is 0.680. The van der Waals surface area contributed by atoms with E-state index in [0.717, 1.165) is 25.6 Å². The van der Waals surface area contributed by atoms with Crippen molar-refractivity contribution in [3.05, 3.63) is 0 Å². The van der Waals surface area contributed by atoms with Crippen LogP contribution >= 0.6 is 0 Å². The van der Waals surface area contributed by atoms with Crippen LogP contribution < -0.4 is 5.32 Å². The quantitative estimate of drug-likeness (QED) is 0.787. The van der Waals surface area contributed by atoms with Crippen molar-refractivity contribution in [3.63, 3.8) is 0 Å². The first-order valence-corrected chi connectivity index (χ1v) is 8.89. The Labute approximate surface area is 106 Å². The van der Waals surface area contributed by atoms with Gasteiger partial charge in [-0.1, -0.05) is 12.8 Å². The fourth-order valence-corrected chi connectivity index (χ4v) is 4.79. The summed E-state index contributed by atoms with van der Waals surface area (Å²) in [4.78, 5) is 0. The lowest BCUT2D eigenvalue weighted by Crippen LogP contribution is -2.47. The van der Waals surface area contributed by atoms with E-state index in [1.54, 1.807) is 0 Å². The summed E-state index contributed by atoms with van der Waals surface area (Å²) in [7, 11) is -2.38. The number of nitrogens with one attached hydrogen (secondary N) is 1. The Kier molecular flexibility index (Phi) is 8.05. The van der Waals surface area contributed by atoms with E-state index in [4.69, 9.17) is 13.3 Å². The van der Waals surface area contributed by atoms with E-state index in [2.05, 4.69) is 5.32 Å². The van der Waals surface area contributed by atoms with Gasteiger partial charge >= 0.3 is 8.80 Å². The van der Waals surface area contributed by atoms with Gasteiger partial charge in [0.1, 0.15) is 0 Å². The molecule has 1 saturated heterocycles. The van der Waals surface area contributed by atoms with Crippen LogP contribution in [-0.2, 0) is 13.3 Å². The molecule has 1 N–H and O–H groups in total. The maximum Gasteiger partial charge on any atom is 0.500 e. The highest BCUT2D eigenvalue weighted by molar-refractivity contribution is 6.60. The van der Waals surface area contributed by atoms with Crippen LogP contribution in [-0.4, -0.2) is 41.7 Å². The molecular formula is C12H27NO3Si. The second-order valence-corrected chi connectivity index (χ2v) is 7.04. The molecule has 1 aliphatic heterocycles. The van der Waals surface area contributed by atoms with E-state index in [-0.39, 0.29) is 0 Å². The van der Waals surface area contributed by atoms with Crippen LogP contribution in [0.3, 0.4) is 0 Å². The van der Waals surface area contributed by atoms with Crippen molar-refractivity contribution in [2.24, 2.45) is 0 Å². The molecule has 0 aromatic heterocycles. The van der Waals surface area contributed by atoms with Crippen molar-refractivity contribution in [1.82, 2.24) is 5.32 Å². The summed E-state index contributed by atoms with van der Waals surface area (Å²) in [5.74, 6) is 0. The minimum atomic E-state index is -2.38. The van der Waals surface area contributed by atoms with Crippen LogP contribution in [0.2, 0.25) is 6.04 Å². The average molecular weight is 261 g/mol. The van der Waals surface area contributed by atoms with Gasteiger partial charge in [0.15, 0.2) is 0 Å². The fraction of sp³-hybridized carbons (Fsp3) is 1.00. The Morgan fingerprint density at radius 3 is 2.41 bits per heavy atom. The Morgan fingerprint density at radius 1 is 1.00 bits per heavy atom. The third-order valence-electron chi connectivity index (χ3n) is 2.92. The Hall–Kier alpha value is 0.0569. The van der Waals surface area contributed by atoms with Crippen LogP contribution in [0.25, 0.3) is 0 Å². The first-order chi connectivity index (χ1) is 8.33. The number of hydrogen-bond donors (Lipinski definition) is 1. The standard InChI is InChI=1S/C12H27NO3Si/c1-3-14-17(15-4-2)12-8-6-5-7-9-13-10-11-16-17/h13H,3-12H2,1-2H3. The Bertz CT molecular complexity index is 173. The average Bonchev–Trinajstić information content (AvgIpc) is 2.36. The highest BCUT2D eigenvalue weighted by Gasteiger charge is 2.39. The summed E-state index contributed by atoms with van der Waals surface area (Å²) in [6, 6.07) is 0.967. The van der Waals surface area contributed by atoms with E-state index in [1.807, 2.05) is 13.8 Å². The SMILES string of the molecule is CCO[Si]1(OCC)CCCCCCNCCO1. The van der Waals surface area contributed by atoms with Crippen LogP contribution in [0.15, 0.2) is 0 Å². The molecule has 1 heterocycles. The largest absolute Gasteiger partial charge is 0.500 e. The monoisotopic (exact) mass is 261 g/mol. The van der Waals surface area contributed by atoms with E-state index in [9.17, 15) is 0 Å². The highest BCUT2D eigenvalue weighted by Crippen LogP contribution is 2.20. The molecule has 0 spiro atoms. The van der Waals surface area contributed by atoms with E-state index < -0.39 is 8.80 Å². The summed E-state index contributed by atoms with van der Waals surface area (Å²) in [6.45, 7) is 8.09. The van der Waals surface area contributed by atoms with Gasteiger partial charge < -0.3 is 18.6 Å². The number of hydrogen-bond acceptors (Lipinski definition) is 4. The first-order valence-electron chi connectivity index (χ1n) is 6.95. The zero-order valence-corrected chi connectivity index (χ0v) is 12.3. The molecule has 102 valence electrons. The zero-order valence-electron chi connectivity index (χ0n) is 11.3. The summed E-state index contributed by atoms with van der Waals surface area (Å²) in [5.41, 5.74) is 0. The lowest BCUT2D eigenvalue weighted by molar-refractivity contribution is 0.0675. The molecule has 0 bridgehead atoms. The van der Waals surface area contributed by atoms with Crippen LogP contribution in [0.1, 0.15) is 39.5 Å². The van der Waals surface area contributed by atoms with Gasteiger partial charge in [0, 0.05) is 25.8 Å². The van der Waals surface area contributed by atoms with Crippen LogP contribution in [0.4, 0.5) is 0 Å². The smallest absolute Gasteiger partial charge is 0.374 e. The molecule has 1 fully saturated rings. The topological polar surface area (TPSA) is 39.7 Å². The molecule has 0 atom stereocenters.